The molecule has 0 radical (unpaired) electrons. The SMILES string of the molecule is Cc1c(Cl)cc(N2CCNCC2)cc1Cl.Cl. The van der Waals surface area contributed by atoms with Crippen LogP contribution in [0, 0.1) is 6.92 Å². The second kappa shape index (κ2) is 5.97. The van der Waals surface area contributed by atoms with Crippen LogP contribution in [-0.2, 0) is 0 Å². The van der Waals surface area contributed by atoms with Gasteiger partial charge in [-0.25, -0.2) is 0 Å². The molecule has 90 valence electrons. The van der Waals surface area contributed by atoms with E-state index >= 15 is 0 Å². The Balaban J connectivity index is 0.00000128. The van der Waals surface area contributed by atoms with Crippen molar-refractivity contribution in [2.24, 2.45) is 0 Å². The highest BCUT2D eigenvalue weighted by Gasteiger charge is 2.12. The van der Waals surface area contributed by atoms with Crippen molar-refractivity contribution in [3.63, 3.8) is 0 Å². The Labute approximate surface area is 112 Å². The van der Waals surface area contributed by atoms with E-state index in [9.17, 15) is 0 Å². The van der Waals surface area contributed by atoms with Crippen LogP contribution in [-0.4, -0.2) is 26.2 Å². The van der Waals surface area contributed by atoms with Crippen LogP contribution < -0.4 is 10.2 Å². The molecule has 0 bridgehead atoms. The molecule has 1 saturated heterocycles. The van der Waals surface area contributed by atoms with Crippen LogP contribution in [0.15, 0.2) is 12.1 Å². The lowest BCUT2D eigenvalue weighted by atomic mass is 10.2. The lowest BCUT2D eigenvalue weighted by Gasteiger charge is -2.30. The summed E-state index contributed by atoms with van der Waals surface area (Å²) in [5, 5.41) is 4.81. The summed E-state index contributed by atoms with van der Waals surface area (Å²) >= 11 is 12.2. The van der Waals surface area contributed by atoms with E-state index in [2.05, 4.69) is 10.2 Å². The number of nitrogens with zero attached hydrogens (tertiary/aromatic N) is 1. The van der Waals surface area contributed by atoms with E-state index in [1.807, 2.05) is 19.1 Å². The molecule has 0 spiro atoms. The van der Waals surface area contributed by atoms with E-state index in [1.54, 1.807) is 0 Å². The van der Waals surface area contributed by atoms with Crippen molar-refractivity contribution >= 4 is 41.3 Å². The van der Waals surface area contributed by atoms with Crippen molar-refractivity contribution in [1.82, 2.24) is 5.32 Å². The van der Waals surface area contributed by atoms with Crippen LogP contribution >= 0.6 is 35.6 Å². The van der Waals surface area contributed by atoms with Crippen LogP contribution in [0.5, 0.6) is 0 Å². The fraction of sp³-hybridized carbons (Fsp3) is 0.455. The molecule has 1 aliphatic rings. The zero-order valence-corrected chi connectivity index (χ0v) is 11.4. The number of rotatable bonds is 1. The average molecular weight is 282 g/mol. The van der Waals surface area contributed by atoms with Gasteiger partial charge in [-0.3, -0.25) is 0 Å². The Bertz CT molecular complexity index is 339. The summed E-state index contributed by atoms with van der Waals surface area (Å²) < 4.78 is 0. The average Bonchev–Trinajstić information content (AvgIpc) is 2.26. The molecule has 0 aliphatic carbocycles. The minimum absolute atomic E-state index is 0. The van der Waals surface area contributed by atoms with Gasteiger partial charge in [0.1, 0.15) is 0 Å². The molecule has 0 aromatic heterocycles. The van der Waals surface area contributed by atoms with E-state index in [0.717, 1.165) is 47.5 Å². The van der Waals surface area contributed by atoms with Crippen LogP contribution in [0.2, 0.25) is 10.0 Å². The normalized spacial score (nSPS) is 15.8. The molecule has 1 fully saturated rings. The third kappa shape index (κ3) is 2.95. The van der Waals surface area contributed by atoms with Gasteiger partial charge in [0, 0.05) is 41.9 Å². The monoisotopic (exact) mass is 280 g/mol. The van der Waals surface area contributed by atoms with Crippen molar-refractivity contribution in [1.29, 1.82) is 0 Å². The lowest BCUT2D eigenvalue weighted by Crippen LogP contribution is -2.43. The molecule has 5 heteroatoms. The largest absolute Gasteiger partial charge is 0.369 e. The van der Waals surface area contributed by atoms with Gasteiger partial charge >= 0.3 is 0 Å². The molecule has 1 heterocycles. The first kappa shape index (κ1) is 13.9. The summed E-state index contributed by atoms with van der Waals surface area (Å²) in [5.74, 6) is 0. The highest BCUT2D eigenvalue weighted by atomic mass is 35.5. The van der Waals surface area contributed by atoms with E-state index in [4.69, 9.17) is 23.2 Å². The zero-order valence-electron chi connectivity index (χ0n) is 9.09. The summed E-state index contributed by atoms with van der Waals surface area (Å²) in [4.78, 5) is 2.30. The quantitative estimate of drug-likeness (QED) is 0.851. The van der Waals surface area contributed by atoms with Crippen molar-refractivity contribution in [2.75, 3.05) is 31.1 Å². The molecule has 1 N–H and O–H groups in total. The van der Waals surface area contributed by atoms with Crippen molar-refractivity contribution in [3.8, 4) is 0 Å². The molecule has 2 nitrogen and oxygen atoms in total. The van der Waals surface area contributed by atoms with Gasteiger partial charge < -0.3 is 10.2 Å². The Kier molecular flexibility index (Phi) is 5.19. The molecule has 0 atom stereocenters. The Morgan fingerprint density at radius 3 is 2.12 bits per heavy atom. The first-order valence-electron chi connectivity index (χ1n) is 5.10. The predicted octanol–water partition coefficient (Wildman–Crippen LogP) is 3.13. The summed E-state index contributed by atoms with van der Waals surface area (Å²) in [7, 11) is 0. The molecule has 2 rings (SSSR count). The first-order chi connectivity index (χ1) is 7.18. The van der Waals surface area contributed by atoms with Crippen LogP contribution in [0.4, 0.5) is 5.69 Å². The fourth-order valence-corrected chi connectivity index (χ4v) is 2.21. The van der Waals surface area contributed by atoms with Crippen molar-refractivity contribution in [2.45, 2.75) is 6.92 Å². The standard InChI is InChI=1S/C11H14Cl2N2.ClH/c1-8-10(12)6-9(7-11(8)13)15-4-2-14-3-5-15;/h6-7,14H,2-5H2,1H3;1H. The van der Waals surface area contributed by atoms with Gasteiger partial charge in [-0.15, -0.1) is 12.4 Å². The van der Waals surface area contributed by atoms with Gasteiger partial charge in [0.25, 0.3) is 0 Å². The first-order valence-corrected chi connectivity index (χ1v) is 5.85. The summed E-state index contributed by atoms with van der Waals surface area (Å²) in [6, 6.07) is 3.99. The number of nitrogens with one attached hydrogen (secondary N) is 1. The van der Waals surface area contributed by atoms with Gasteiger partial charge in [0.05, 0.1) is 0 Å². The molecule has 1 aliphatic heterocycles. The second-order valence-corrected chi connectivity index (χ2v) is 4.59. The predicted molar refractivity (Wildman–Crippen MR) is 73.5 cm³/mol. The molecular weight excluding hydrogens is 266 g/mol. The molecule has 0 amide bonds. The minimum atomic E-state index is 0. The topological polar surface area (TPSA) is 15.3 Å². The van der Waals surface area contributed by atoms with Crippen LogP contribution in [0.25, 0.3) is 0 Å². The van der Waals surface area contributed by atoms with E-state index in [-0.39, 0.29) is 12.4 Å². The Morgan fingerprint density at radius 1 is 1.12 bits per heavy atom. The Hall–Kier alpha value is -0.150. The molecule has 16 heavy (non-hydrogen) atoms. The smallest absolute Gasteiger partial charge is 0.0470 e. The molecular formula is C11H15Cl3N2. The number of anilines is 1. The third-order valence-corrected chi connectivity index (χ3v) is 3.53. The summed E-state index contributed by atoms with van der Waals surface area (Å²) in [6.07, 6.45) is 0. The number of piperazine rings is 1. The van der Waals surface area contributed by atoms with Crippen molar-refractivity contribution < 1.29 is 0 Å². The number of hydrogen-bond acceptors (Lipinski definition) is 2. The van der Waals surface area contributed by atoms with Gasteiger partial charge in [0.2, 0.25) is 0 Å². The maximum absolute atomic E-state index is 6.11. The number of hydrogen-bond donors (Lipinski definition) is 1. The highest BCUT2D eigenvalue weighted by Crippen LogP contribution is 2.30. The summed E-state index contributed by atoms with van der Waals surface area (Å²) in [5.41, 5.74) is 2.08. The number of halogens is 3. The van der Waals surface area contributed by atoms with Crippen molar-refractivity contribution in [3.05, 3.63) is 27.7 Å². The minimum Gasteiger partial charge on any atom is -0.369 e. The highest BCUT2D eigenvalue weighted by molar-refractivity contribution is 6.36. The lowest BCUT2D eigenvalue weighted by molar-refractivity contribution is 0.589. The molecule has 0 saturated carbocycles. The van der Waals surface area contributed by atoms with Crippen LogP contribution in [0.3, 0.4) is 0 Å². The maximum atomic E-state index is 6.11. The summed E-state index contributed by atoms with van der Waals surface area (Å²) in [6.45, 7) is 5.99. The van der Waals surface area contributed by atoms with Gasteiger partial charge in [-0.05, 0) is 24.6 Å². The van der Waals surface area contributed by atoms with Crippen LogP contribution in [0.1, 0.15) is 5.56 Å². The fourth-order valence-electron chi connectivity index (χ4n) is 1.74. The molecule has 1 aromatic carbocycles. The Morgan fingerprint density at radius 2 is 1.62 bits per heavy atom. The zero-order chi connectivity index (χ0) is 10.8. The second-order valence-electron chi connectivity index (χ2n) is 3.77. The van der Waals surface area contributed by atoms with Gasteiger partial charge in [-0.2, -0.15) is 0 Å². The van der Waals surface area contributed by atoms with Gasteiger partial charge in [0.15, 0.2) is 0 Å². The number of benzene rings is 1. The van der Waals surface area contributed by atoms with Gasteiger partial charge in [-0.1, -0.05) is 23.2 Å². The third-order valence-electron chi connectivity index (χ3n) is 2.75. The van der Waals surface area contributed by atoms with E-state index in [0.29, 0.717) is 0 Å². The van der Waals surface area contributed by atoms with E-state index < -0.39 is 0 Å². The maximum Gasteiger partial charge on any atom is 0.0470 e. The molecule has 1 aromatic rings. The molecule has 0 unspecified atom stereocenters. The van der Waals surface area contributed by atoms with E-state index in [1.165, 1.54) is 0 Å².